The molecule has 0 aromatic rings. The molecule has 14 heavy (non-hydrogen) atoms. The molecule has 0 bridgehead atoms. The van der Waals surface area contributed by atoms with Crippen LogP contribution in [0.25, 0.3) is 0 Å². The fourth-order valence-corrected chi connectivity index (χ4v) is 2.21. The van der Waals surface area contributed by atoms with Gasteiger partial charge in [0.15, 0.2) is 0 Å². The maximum atomic E-state index is 8.93. The number of nitrogens with zero attached hydrogens (tertiary/aromatic N) is 1. The van der Waals surface area contributed by atoms with Crippen LogP contribution in [0, 0.1) is 5.92 Å². The minimum Gasteiger partial charge on any atom is -0.396 e. The standard InChI is InChI=1S/C11H24N2O/c1-3-12-11(5-7-14)9-13-6-4-10(2)8-13/h10-12,14H,3-9H2,1-2H3. The molecule has 1 aliphatic heterocycles. The Morgan fingerprint density at radius 1 is 1.57 bits per heavy atom. The molecule has 0 amide bonds. The van der Waals surface area contributed by atoms with Crippen LogP contribution in [-0.4, -0.2) is 48.8 Å². The Hall–Kier alpha value is -0.120. The van der Waals surface area contributed by atoms with Gasteiger partial charge in [-0.25, -0.2) is 0 Å². The van der Waals surface area contributed by atoms with Gasteiger partial charge in [-0.05, 0) is 31.8 Å². The number of rotatable bonds is 6. The van der Waals surface area contributed by atoms with Crippen LogP contribution in [-0.2, 0) is 0 Å². The summed E-state index contributed by atoms with van der Waals surface area (Å²) in [4.78, 5) is 2.51. The number of likely N-dealkylation sites (N-methyl/N-ethyl adjacent to an activating group) is 1. The van der Waals surface area contributed by atoms with Crippen molar-refractivity contribution < 1.29 is 5.11 Å². The van der Waals surface area contributed by atoms with E-state index in [1.54, 1.807) is 0 Å². The average molecular weight is 200 g/mol. The lowest BCUT2D eigenvalue weighted by molar-refractivity contribution is 0.227. The Kier molecular flexibility index (Phi) is 5.45. The van der Waals surface area contributed by atoms with Gasteiger partial charge >= 0.3 is 0 Å². The molecule has 1 aliphatic rings. The van der Waals surface area contributed by atoms with Gasteiger partial charge in [0.1, 0.15) is 0 Å². The third-order valence-electron chi connectivity index (χ3n) is 2.96. The molecule has 0 aromatic heterocycles. The van der Waals surface area contributed by atoms with Crippen molar-refractivity contribution in [3.05, 3.63) is 0 Å². The van der Waals surface area contributed by atoms with Crippen LogP contribution in [0.15, 0.2) is 0 Å². The summed E-state index contributed by atoms with van der Waals surface area (Å²) < 4.78 is 0. The van der Waals surface area contributed by atoms with E-state index in [1.807, 2.05) is 0 Å². The third-order valence-corrected chi connectivity index (χ3v) is 2.96. The van der Waals surface area contributed by atoms with Gasteiger partial charge in [0.05, 0.1) is 0 Å². The first kappa shape index (κ1) is 12.0. The Morgan fingerprint density at radius 3 is 2.86 bits per heavy atom. The van der Waals surface area contributed by atoms with Crippen molar-refractivity contribution in [1.82, 2.24) is 10.2 Å². The first-order valence-corrected chi connectivity index (χ1v) is 5.82. The highest BCUT2D eigenvalue weighted by Crippen LogP contribution is 2.15. The zero-order chi connectivity index (χ0) is 10.4. The SMILES string of the molecule is CCNC(CCO)CN1CCC(C)C1. The van der Waals surface area contributed by atoms with E-state index < -0.39 is 0 Å². The second-order valence-corrected chi connectivity index (χ2v) is 4.42. The summed E-state index contributed by atoms with van der Waals surface area (Å²) in [5, 5.41) is 12.4. The molecule has 84 valence electrons. The van der Waals surface area contributed by atoms with Crippen LogP contribution in [0.3, 0.4) is 0 Å². The molecule has 1 saturated heterocycles. The molecule has 1 rings (SSSR count). The molecule has 1 heterocycles. The van der Waals surface area contributed by atoms with Crippen LogP contribution in [0.2, 0.25) is 0 Å². The fourth-order valence-electron chi connectivity index (χ4n) is 2.21. The van der Waals surface area contributed by atoms with Gasteiger partial charge in [-0.15, -0.1) is 0 Å². The van der Waals surface area contributed by atoms with E-state index in [2.05, 4.69) is 24.1 Å². The lowest BCUT2D eigenvalue weighted by Crippen LogP contribution is -2.40. The molecule has 1 fully saturated rings. The number of hydrogen-bond acceptors (Lipinski definition) is 3. The highest BCUT2D eigenvalue weighted by molar-refractivity contribution is 4.77. The number of aliphatic hydroxyl groups is 1. The first-order valence-electron chi connectivity index (χ1n) is 5.82. The topological polar surface area (TPSA) is 35.5 Å². The second-order valence-electron chi connectivity index (χ2n) is 4.42. The third kappa shape index (κ3) is 3.95. The molecule has 0 aromatic carbocycles. The predicted molar refractivity (Wildman–Crippen MR) is 59.4 cm³/mol. The lowest BCUT2D eigenvalue weighted by Gasteiger charge is -2.23. The molecular weight excluding hydrogens is 176 g/mol. The van der Waals surface area contributed by atoms with Crippen molar-refractivity contribution in [3.8, 4) is 0 Å². The molecule has 3 heteroatoms. The summed E-state index contributed by atoms with van der Waals surface area (Å²) in [6.07, 6.45) is 2.21. The van der Waals surface area contributed by atoms with E-state index in [0.717, 1.165) is 25.4 Å². The maximum Gasteiger partial charge on any atom is 0.0446 e. The highest BCUT2D eigenvalue weighted by atomic mass is 16.3. The van der Waals surface area contributed by atoms with Gasteiger partial charge in [-0.2, -0.15) is 0 Å². The molecule has 0 saturated carbocycles. The normalized spacial score (nSPS) is 25.5. The van der Waals surface area contributed by atoms with Crippen LogP contribution in [0.1, 0.15) is 26.7 Å². The predicted octanol–water partition coefficient (Wildman–Crippen LogP) is 0.689. The number of aliphatic hydroxyl groups excluding tert-OH is 1. The average Bonchev–Trinajstić information content (AvgIpc) is 2.52. The molecule has 2 N–H and O–H groups in total. The lowest BCUT2D eigenvalue weighted by atomic mass is 10.2. The Bertz CT molecular complexity index is 146. The van der Waals surface area contributed by atoms with Gasteiger partial charge in [-0.3, -0.25) is 0 Å². The number of likely N-dealkylation sites (tertiary alicyclic amines) is 1. The maximum absolute atomic E-state index is 8.93. The van der Waals surface area contributed by atoms with Crippen molar-refractivity contribution in [3.63, 3.8) is 0 Å². The summed E-state index contributed by atoms with van der Waals surface area (Å²) in [7, 11) is 0. The van der Waals surface area contributed by atoms with Crippen molar-refractivity contribution in [2.24, 2.45) is 5.92 Å². The van der Waals surface area contributed by atoms with E-state index in [0.29, 0.717) is 12.6 Å². The van der Waals surface area contributed by atoms with Crippen molar-refractivity contribution in [2.45, 2.75) is 32.7 Å². The summed E-state index contributed by atoms with van der Waals surface area (Å²) in [5.74, 6) is 0.853. The Labute approximate surface area is 87.5 Å². The monoisotopic (exact) mass is 200 g/mol. The van der Waals surface area contributed by atoms with Crippen LogP contribution in [0.4, 0.5) is 0 Å². The Morgan fingerprint density at radius 2 is 2.36 bits per heavy atom. The zero-order valence-corrected chi connectivity index (χ0v) is 9.50. The fraction of sp³-hybridized carbons (Fsp3) is 1.00. The molecule has 0 spiro atoms. The van der Waals surface area contributed by atoms with Crippen LogP contribution in [0.5, 0.6) is 0 Å². The second kappa shape index (κ2) is 6.38. The summed E-state index contributed by atoms with van der Waals surface area (Å²) in [5.41, 5.74) is 0. The van der Waals surface area contributed by atoms with Crippen LogP contribution < -0.4 is 5.32 Å². The largest absolute Gasteiger partial charge is 0.396 e. The molecule has 0 radical (unpaired) electrons. The van der Waals surface area contributed by atoms with Gasteiger partial charge in [-0.1, -0.05) is 13.8 Å². The van der Waals surface area contributed by atoms with Crippen molar-refractivity contribution in [1.29, 1.82) is 0 Å². The van der Waals surface area contributed by atoms with Crippen LogP contribution >= 0.6 is 0 Å². The molecule has 2 atom stereocenters. The summed E-state index contributed by atoms with van der Waals surface area (Å²) in [6, 6.07) is 0.468. The van der Waals surface area contributed by atoms with E-state index in [1.165, 1.54) is 19.5 Å². The zero-order valence-electron chi connectivity index (χ0n) is 9.50. The summed E-state index contributed by atoms with van der Waals surface area (Å²) in [6.45, 7) is 9.28. The summed E-state index contributed by atoms with van der Waals surface area (Å²) >= 11 is 0. The van der Waals surface area contributed by atoms with Gasteiger partial charge in [0.2, 0.25) is 0 Å². The van der Waals surface area contributed by atoms with Gasteiger partial charge < -0.3 is 15.3 Å². The first-order chi connectivity index (χ1) is 6.76. The highest BCUT2D eigenvalue weighted by Gasteiger charge is 2.20. The minimum absolute atomic E-state index is 0.293. The van der Waals surface area contributed by atoms with Gasteiger partial charge in [0.25, 0.3) is 0 Å². The van der Waals surface area contributed by atoms with E-state index in [4.69, 9.17) is 5.11 Å². The molecule has 0 aliphatic carbocycles. The van der Waals surface area contributed by atoms with E-state index in [9.17, 15) is 0 Å². The minimum atomic E-state index is 0.293. The Balaban J connectivity index is 2.24. The van der Waals surface area contributed by atoms with Gasteiger partial charge in [0, 0.05) is 25.7 Å². The molecule has 2 unspecified atom stereocenters. The number of nitrogens with one attached hydrogen (secondary N) is 1. The smallest absolute Gasteiger partial charge is 0.0446 e. The quantitative estimate of drug-likeness (QED) is 0.662. The van der Waals surface area contributed by atoms with E-state index in [-0.39, 0.29) is 0 Å². The van der Waals surface area contributed by atoms with Crippen molar-refractivity contribution in [2.75, 3.05) is 32.8 Å². The molecule has 3 nitrogen and oxygen atoms in total. The van der Waals surface area contributed by atoms with E-state index >= 15 is 0 Å². The number of hydrogen-bond donors (Lipinski definition) is 2. The molecular formula is C11H24N2O. The van der Waals surface area contributed by atoms with Crippen molar-refractivity contribution >= 4 is 0 Å².